The lowest BCUT2D eigenvalue weighted by atomic mass is 10.2. The van der Waals surface area contributed by atoms with Crippen LogP contribution in [-0.4, -0.2) is 26.5 Å². The molecule has 3 aromatic carbocycles. The molecular formula is C22H18BrN5O2S. The van der Waals surface area contributed by atoms with Crippen LogP contribution in [0.1, 0.15) is 0 Å². The first kappa shape index (κ1) is 21.0. The van der Waals surface area contributed by atoms with Crippen molar-refractivity contribution in [3.63, 3.8) is 0 Å². The van der Waals surface area contributed by atoms with Crippen molar-refractivity contribution >= 4 is 39.3 Å². The van der Waals surface area contributed by atoms with Gasteiger partial charge in [-0.15, -0.1) is 10.2 Å². The molecule has 3 N–H and O–H groups in total. The highest BCUT2D eigenvalue weighted by molar-refractivity contribution is 9.10. The predicted octanol–water partition coefficient (Wildman–Crippen LogP) is 4.94. The van der Waals surface area contributed by atoms with E-state index in [1.54, 1.807) is 12.1 Å². The Bertz CT molecular complexity index is 1200. The topological polar surface area (TPSA) is 95.1 Å². The van der Waals surface area contributed by atoms with Crippen molar-refractivity contribution in [2.24, 2.45) is 0 Å². The number of aromatic nitrogens is 3. The molecule has 0 fully saturated rings. The van der Waals surface area contributed by atoms with Crippen LogP contribution < -0.4 is 15.9 Å². The normalized spacial score (nSPS) is 10.6. The summed E-state index contributed by atoms with van der Waals surface area (Å²) in [6.45, 7) is 0. The lowest BCUT2D eigenvalue weighted by molar-refractivity contribution is -0.113. The minimum Gasteiger partial charge on any atom is -0.455 e. The molecule has 1 aromatic heterocycles. The van der Waals surface area contributed by atoms with E-state index in [1.807, 2.05) is 66.7 Å². The highest BCUT2D eigenvalue weighted by Crippen LogP contribution is 2.30. The van der Waals surface area contributed by atoms with Crippen molar-refractivity contribution in [3.8, 4) is 22.9 Å². The number of ether oxygens (including phenoxy) is 1. The molecule has 0 aliphatic rings. The zero-order chi connectivity index (χ0) is 21.6. The molecule has 0 spiro atoms. The van der Waals surface area contributed by atoms with Gasteiger partial charge < -0.3 is 15.9 Å². The number of thioether (sulfide) groups is 1. The Morgan fingerprint density at radius 3 is 2.52 bits per heavy atom. The Morgan fingerprint density at radius 1 is 1.00 bits per heavy atom. The first-order valence-electron chi connectivity index (χ1n) is 9.32. The van der Waals surface area contributed by atoms with Crippen LogP contribution in [0.4, 0.5) is 5.69 Å². The number of benzene rings is 3. The van der Waals surface area contributed by atoms with Gasteiger partial charge in [0.05, 0.1) is 11.4 Å². The molecule has 0 radical (unpaired) electrons. The fourth-order valence-corrected chi connectivity index (χ4v) is 3.91. The van der Waals surface area contributed by atoms with E-state index in [4.69, 9.17) is 10.6 Å². The van der Waals surface area contributed by atoms with E-state index in [1.165, 1.54) is 16.4 Å². The summed E-state index contributed by atoms with van der Waals surface area (Å²) in [5, 5.41) is 11.6. The number of carbonyl (C=O) groups excluding carboxylic acids is 1. The van der Waals surface area contributed by atoms with Gasteiger partial charge in [-0.25, -0.2) is 4.68 Å². The smallest absolute Gasteiger partial charge is 0.234 e. The van der Waals surface area contributed by atoms with Crippen molar-refractivity contribution in [3.05, 3.63) is 83.3 Å². The average molecular weight is 496 g/mol. The van der Waals surface area contributed by atoms with Gasteiger partial charge in [0.15, 0.2) is 11.6 Å². The van der Waals surface area contributed by atoms with Crippen LogP contribution in [-0.2, 0) is 4.79 Å². The maximum atomic E-state index is 12.5. The fourth-order valence-electron chi connectivity index (χ4n) is 2.79. The molecule has 4 aromatic rings. The fraction of sp³-hybridized carbons (Fsp3) is 0.0455. The summed E-state index contributed by atoms with van der Waals surface area (Å²) in [7, 11) is 0. The number of nitrogens with one attached hydrogen (secondary N) is 1. The number of carbonyl (C=O) groups is 1. The minimum absolute atomic E-state index is 0.116. The van der Waals surface area contributed by atoms with Crippen LogP contribution in [0.25, 0.3) is 11.4 Å². The van der Waals surface area contributed by atoms with E-state index in [0.717, 1.165) is 10.0 Å². The largest absolute Gasteiger partial charge is 0.455 e. The number of nitrogen functional groups attached to an aromatic ring is 1. The summed E-state index contributed by atoms with van der Waals surface area (Å²) < 4.78 is 8.12. The molecular weight excluding hydrogens is 478 g/mol. The van der Waals surface area contributed by atoms with Gasteiger partial charge in [0.2, 0.25) is 11.1 Å². The molecule has 0 atom stereocenters. The number of hydrogen-bond acceptors (Lipinski definition) is 6. The Hall–Kier alpha value is -3.30. The number of nitrogens with two attached hydrogens (primary N) is 1. The number of rotatable bonds is 7. The Kier molecular flexibility index (Phi) is 6.54. The van der Waals surface area contributed by atoms with E-state index in [9.17, 15) is 4.79 Å². The van der Waals surface area contributed by atoms with Crippen LogP contribution >= 0.6 is 27.7 Å². The van der Waals surface area contributed by atoms with Gasteiger partial charge in [-0.3, -0.25) is 4.79 Å². The molecule has 4 rings (SSSR count). The number of halogens is 1. The van der Waals surface area contributed by atoms with Gasteiger partial charge in [-0.2, -0.15) is 0 Å². The van der Waals surface area contributed by atoms with Gasteiger partial charge in [0, 0.05) is 10.0 Å². The molecule has 1 heterocycles. The Morgan fingerprint density at radius 2 is 1.71 bits per heavy atom. The third kappa shape index (κ3) is 5.07. The van der Waals surface area contributed by atoms with Gasteiger partial charge in [-0.05, 0) is 36.4 Å². The van der Waals surface area contributed by atoms with Crippen LogP contribution in [0.5, 0.6) is 11.5 Å². The molecule has 1 amide bonds. The van der Waals surface area contributed by atoms with Gasteiger partial charge in [0.25, 0.3) is 0 Å². The standard InChI is InChI=1S/C22H18BrN5O2S/c23-17-11-5-4-10-16(17)21-26-27-22(28(21)24)31-14-20(29)25-18-12-6-7-13-19(18)30-15-8-2-1-3-9-15/h1-13H,14,24H2,(H,25,29). The van der Waals surface area contributed by atoms with Gasteiger partial charge in [0.1, 0.15) is 5.75 Å². The van der Waals surface area contributed by atoms with Crippen LogP contribution in [0.3, 0.4) is 0 Å². The molecule has 0 bridgehead atoms. The molecule has 9 heteroatoms. The summed E-state index contributed by atoms with van der Waals surface area (Å²) in [5.41, 5.74) is 1.40. The first-order chi connectivity index (χ1) is 15.1. The molecule has 0 aliphatic carbocycles. The third-order valence-electron chi connectivity index (χ3n) is 4.24. The number of amides is 1. The van der Waals surface area contributed by atoms with Crippen LogP contribution in [0.15, 0.2) is 88.5 Å². The second kappa shape index (κ2) is 9.67. The number of anilines is 1. The van der Waals surface area contributed by atoms with E-state index in [0.29, 0.717) is 28.2 Å². The number of para-hydroxylation sites is 3. The Balaban J connectivity index is 1.41. The summed E-state index contributed by atoms with van der Waals surface area (Å²) in [6.07, 6.45) is 0. The van der Waals surface area contributed by atoms with Crippen molar-refractivity contribution < 1.29 is 9.53 Å². The monoisotopic (exact) mass is 495 g/mol. The summed E-state index contributed by atoms with van der Waals surface area (Å²) in [6, 6.07) is 24.3. The SMILES string of the molecule is Nn1c(SCC(=O)Nc2ccccc2Oc2ccccc2)nnc1-c1ccccc1Br. The highest BCUT2D eigenvalue weighted by Gasteiger charge is 2.16. The van der Waals surface area contributed by atoms with Gasteiger partial charge in [-0.1, -0.05) is 70.2 Å². The predicted molar refractivity (Wildman–Crippen MR) is 126 cm³/mol. The quantitative estimate of drug-likeness (QED) is 0.278. The summed E-state index contributed by atoms with van der Waals surface area (Å²) in [4.78, 5) is 12.5. The first-order valence-corrected chi connectivity index (χ1v) is 11.1. The lowest BCUT2D eigenvalue weighted by Gasteiger charge is -2.12. The molecule has 31 heavy (non-hydrogen) atoms. The van der Waals surface area contributed by atoms with E-state index in [2.05, 4.69) is 31.4 Å². The lowest BCUT2D eigenvalue weighted by Crippen LogP contribution is -2.16. The molecule has 0 unspecified atom stereocenters. The van der Waals surface area contributed by atoms with Crippen molar-refractivity contribution in [2.45, 2.75) is 5.16 Å². The maximum absolute atomic E-state index is 12.5. The van der Waals surface area contributed by atoms with Crippen molar-refractivity contribution in [1.82, 2.24) is 14.9 Å². The second-order valence-electron chi connectivity index (χ2n) is 6.40. The minimum atomic E-state index is -0.209. The zero-order valence-electron chi connectivity index (χ0n) is 16.2. The third-order valence-corrected chi connectivity index (χ3v) is 5.88. The molecule has 0 saturated carbocycles. The second-order valence-corrected chi connectivity index (χ2v) is 8.20. The van der Waals surface area contributed by atoms with Crippen LogP contribution in [0.2, 0.25) is 0 Å². The zero-order valence-corrected chi connectivity index (χ0v) is 18.6. The summed E-state index contributed by atoms with van der Waals surface area (Å²) in [5.74, 6) is 7.82. The highest BCUT2D eigenvalue weighted by atomic mass is 79.9. The van der Waals surface area contributed by atoms with Crippen molar-refractivity contribution in [1.29, 1.82) is 0 Å². The molecule has 7 nitrogen and oxygen atoms in total. The maximum Gasteiger partial charge on any atom is 0.234 e. The average Bonchev–Trinajstić information content (AvgIpc) is 3.15. The molecule has 156 valence electrons. The number of nitrogens with zero attached hydrogens (tertiary/aromatic N) is 3. The number of hydrogen-bond donors (Lipinski definition) is 2. The van der Waals surface area contributed by atoms with E-state index in [-0.39, 0.29) is 11.7 Å². The van der Waals surface area contributed by atoms with Crippen molar-refractivity contribution in [2.75, 3.05) is 16.9 Å². The van der Waals surface area contributed by atoms with E-state index >= 15 is 0 Å². The summed E-state index contributed by atoms with van der Waals surface area (Å²) >= 11 is 4.69. The molecule has 0 aliphatic heterocycles. The van der Waals surface area contributed by atoms with Crippen LogP contribution in [0, 0.1) is 0 Å². The Labute approximate surface area is 191 Å². The molecule has 0 saturated heterocycles. The van der Waals surface area contributed by atoms with E-state index < -0.39 is 0 Å². The van der Waals surface area contributed by atoms with Gasteiger partial charge >= 0.3 is 0 Å².